The highest BCUT2D eigenvalue weighted by Crippen LogP contribution is 2.34. The summed E-state index contributed by atoms with van der Waals surface area (Å²) in [5, 5.41) is 53.7. The number of unbranched alkanes of at least 4 members (excludes halogenated alkanes) is 22. The van der Waals surface area contributed by atoms with Crippen LogP contribution >= 0.6 is 0 Å². The third-order valence-electron chi connectivity index (χ3n) is 16.8. The van der Waals surface area contributed by atoms with E-state index in [2.05, 4.69) is 104 Å². The highest BCUT2D eigenvalue weighted by molar-refractivity contribution is 5.73. The van der Waals surface area contributed by atoms with Gasteiger partial charge in [0.15, 0.2) is 0 Å². The third-order valence-corrected chi connectivity index (χ3v) is 16.8. The molecule has 7 atom stereocenters. The van der Waals surface area contributed by atoms with Gasteiger partial charge in [0, 0.05) is 0 Å². The van der Waals surface area contributed by atoms with Gasteiger partial charge in [-0.2, -0.15) is 0 Å². The van der Waals surface area contributed by atoms with Gasteiger partial charge in [0.05, 0.1) is 35.0 Å². The Balaban J connectivity index is -0.000000235. The lowest BCUT2D eigenvalue weighted by molar-refractivity contribution is -0.147. The first-order valence-electron chi connectivity index (χ1n) is 36.5. The molecule has 88 heavy (non-hydrogen) atoms. The number of rotatable bonds is 49. The Labute approximate surface area is 545 Å². The topological polar surface area (TPSA) is 224 Å². The van der Waals surface area contributed by atoms with Crippen molar-refractivity contribution in [1.29, 1.82) is 0 Å². The Hall–Kier alpha value is -3.18. The Bertz CT molecular complexity index is 1590. The molecule has 12 nitrogen and oxygen atoms in total. The van der Waals surface area contributed by atoms with Gasteiger partial charge >= 0.3 is 35.8 Å². The minimum absolute atomic E-state index is 0.0898. The molecule has 6 N–H and O–H groups in total. The number of carbonyl (C=O) groups is 6. The fraction of sp³-hybridized carbons (Fsp3) is 0.921. The van der Waals surface area contributed by atoms with Crippen LogP contribution in [0, 0.1) is 57.7 Å². The number of aliphatic carboxylic acids is 6. The first-order chi connectivity index (χ1) is 41.2. The van der Waals surface area contributed by atoms with Crippen LogP contribution in [-0.2, 0) is 28.8 Å². The molecule has 0 bridgehead atoms. The van der Waals surface area contributed by atoms with Crippen molar-refractivity contribution < 1.29 is 59.4 Å². The normalized spacial score (nSPS) is 13.7. The number of hydrogen-bond acceptors (Lipinski definition) is 6. The van der Waals surface area contributed by atoms with Crippen LogP contribution in [0.25, 0.3) is 0 Å². The van der Waals surface area contributed by atoms with E-state index in [-0.39, 0.29) is 40.9 Å². The molecule has 0 aliphatic carbocycles. The van der Waals surface area contributed by atoms with Crippen LogP contribution in [0.4, 0.5) is 0 Å². The minimum atomic E-state index is -0.694. The van der Waals surface area contributed by atoms with Crippen LogP contribution in [0.3, 0.4) is 0 Å². The Morgan fingerprint density at radius 1 is 0.307 bits per heavy atom. The molecular weight excluding hydrogens is 1100 g/mol. The van der Waals surface area contributed by atoms with E-state index in [0.29, 0.717) is 11.3 Å². The zero-order valence-electron chi connectivity index (χ0n) is 61.7. The molecule has 0 radical (unpaired) electrons. The van der Waals surface area contributed by atoms with E-state index in [0.717, 1.165) is 148 Å². The molecule has 0 fully saturated rings. The standard InChI is InChI=1S/2C18H36O2.C16H32O2.3C8H16O2/c1-13(11-17(3,4)5)9-10-15(16(19)20)14(2)12-18(6,7)8;1-3-5-7-9-10-12-14-16-17(18(19)20)15-13-11-8-6-4-2;1-3-5-7-9-10-12-14-15(16(17)18)13-11-8-6-4-2;1-4-5-6-8(2,3)7(9)10;1-3-4-5-6-7(2)8(9)10;1-3-5-6-7(4-2)8(9)10/h13-15H,9-12H2,1-8H3,(H,19,20);17H,3-16H2,1-2H3,(H,19,20);15H,3-14H2,1-2H3,(H,17,18);4-6H2,1-3H3,(H,9,10);2*7H,3-6H2,1-2H3,(H,9,10). The maximum atomic E-state index is 11.5. The quantitative estimate of drug-likeness (QED) is 0.0313. The lowest BCUT2D eigenvalue weighted by Gasteiger charge is -2.29. The summed E-state index contributed by atoms with van der Waals surface area (Å²) in [4.78, 5) is 65.1. The molecule has 0 aliphatic rings. The van der Waals surface area contributed by atoms with E-state index in [1.54, 1.807) is 20.8 Å². The van der Waals surface area contributed by atoms with Crippen LogP contribution in [0.2, 0.25) is 0 Å². The summed E-state index contributed by atoms with van der Waals surface area (Å²) >= 11 is 0. The summed E-state index contributed by atoms with van der Waals surface area (Å²) in [6, 6.07) is 0. The molecule has 528 valence electrons. The van der Waals surface area contributed by atoms with Crippen molar-refractivity contribution in [2.75, 3.05) is 0 Å². The summed E-state index contributed by atoms with van der Waals surface area (Å²) in [7, 11) is 0. The number of hydrogen-bond donors (Lipinski definition) is 6. The molecule has 0 saturated carbocycles. The molecule has 0 aromatic carbocycles. The molecule has 0 aliphatic heterocycles. The van der Waals surface area contributed by atoms with Crippen LogP contribution in [0.15, 0.2) is 0 Å². The van der Waals surface area contributed by atoms with E-state index in [4.69, 9.17) is 15.3 Å². The van der Waals surface area contributed by atoms with Gasteiger partial charge in [0.1, 0.15) is 0 Å². The van der Waals surface area contributed by atoms with Gasteiger partial charge in [-0.05, 0) is 114 Å². The van der Waals surface area contributed by atoms with Crippen molar-refractivity contribution in [1.82, 2.24) is 0 Å². The van der Waals surface area contributed by atoms with Crippen molar-refractivity contribution in [2.24, 2.45) is 57.7 Å². The predicted molar refractivity (Wildman–Crippen MR) is 375 cm³/mol. The fourth-order valence-corrected chi connectivity index (χ4v) is 11.0. The molecule has 0 saturated heterocycles. The third kappa shape index (κ3) is 71.9. The largest absolute Gasteiger partial charge is 0.481 e. The van der Waals surface area contributed by atoms with Crippen molar-refractivity contribution in [3.05, 3.63) is 0 Å². The molecule has 0 aromatic heterocycles. The summed E-state index contributed by atoms with van der Waals surface area (Å²) in [5.41, 5.74) is -0.00465. The van der Waals surface area contributed by atoms with E-state index in [9.17, 15) is 44.1 Å². The molecular formula is C76H152O12. The molecule has 0 aromatic rings. The van der Waals surface area contributed by atoms with E-state index >= 15 is 0 Å². The maximum absolute atomic E-state index is 11.5. The average Bonchev–Trinajstić information content (AvgIpc) is 3.62. The molecule has 0 amide bonds. The molecule has 0 spiro atoms. The Morgan fingerprint density at radius 2 is 0.602 bits per heavy atom. The maximum Gasteiger partial charge on any atom is 0.309 e. The molecule has 7 unspecified atom stereocenters. The first kappa shape index (κ1) is 95.9. The lowest BCUT2D eigenvalue weighted by atomic mass is 9.76. The summed E-state index contributed by atoms with van der Waals surface area (Å²) in [6.45, 7) is 40.0. The monoisotopic (exact) mass is 1260 g/mol. The number of carboxylic acid groups (broad SMARTS) is 6. The van der Waals surface area contributed by atoms with Gasteiger partial charge in [-0.1, -0.05) is 304 Å². The van der Waals surface area contributed by atoms with Crippen LogP contribution in [-0.4, -0.2) is 66.5 Å². The first-order valence-corrected chi connectivity index (χ1v) is 36.5. The van der Waals surface area contributed by atoms with Crippen molar-refractivity contribution in [3.63, 3.8) is 0 Å². The summed E-state index contributed by atoms with van der Waals surface area (Å²) < 4.78 is 0. The zero-order chi connectivity index (χ0) is 69.0. The second-order valence-electron chi connectivity index (χ2n) is 29.3. The smallest absolute Gasteiger partial charge is 0.309 e. The average molecular weight is 1260 g/mol. The van der Waals surface area contributed by atoms with Gasteiger partial charge < -0.3 is 30.6 Å². The summed E-state index contributed by atoms with van der Waals surface area (Å²) in [6.07, 6.45) is 45.4. The van der Waals surface area contributed by atoms with Crippen LogP contribution < -0.4 is 0 Å². The van der Waals surface area contributed by atoms with E-state index in [1.165, 1.54) is 116 Å². The van der Waals surface area contributed by atoms with Crippen LogP contribution in [0.5, 0.6) is 0 Å². The molecule has 0 rings (SSSR count). The van der Waals surface area contributed by atoms with Gasteiger partial charge in [0.25, 0.3) is 0 Å². The van der Waals surface area contributed by atoms with Gasteiger partial charge in [-0.15, -0.1) is 0 Å². The Kier molecular flexibility index (Phi) is 69.7. The highest BCUT2D eigenvalue weighted by Gasteiger charge is 2.29. The zero-order valence-corrected chi connectivity index (χ0v) is 61.7. The van der Waals surface area contributed by atoms with E-state index < -0.39 is 41.2 Å². The van der Waals surface area contributed by atoms with Crippen molar-refractivity contribution >= 4 is 35.8 Å². The van der Waals surface area contributed by atoms with Crippen LogP contribution in [0.1, 0.15) is 395 Å². The lowest BCUT2D eigenvalue weighted by Crippen LogP contribution is -2.26. The van der Waals surface area contributed by atoms with Crippen molar-refractivity contribution in [3.8, 4) is 0 Å². The van der Waals surface area contributed by atoms with Crippen molar-refractivity contribution in [2.45, 2.75) is 395 Å². The molecule has 12 heteroatoms. The van der Waals surface area contributed by atoms with Gasteiger partial charge in [0.2, 0.25) is 0 Å². The highest BCUT2D eigenvalue weighted by atomic mass is 16.4. The second kappa shape index (κ2) is 63.9. The molecule has 0 heterocycles. The summed E-state index contributed by atoms with van der Waals surface area (Å²) in [5.74, 6) is -3.60. The predicted octanol–water partition coefficient (Wildman–Crippen LogP) is 24.1. The fourth-order valence-electron chi connectivity index (χ4n) is 11.0. The van der Waals surface area contributed by atoms with Gasteiger partial charge in [-0.3, -0.25) is 28.8 Å². The minimum Gasteiger partial charge on any atom is -0.481 e. The SMILES string of the molecule is CC(CCC(C(=O)O)C(C)CC(C)(C)C)CC(C)(C)C.CCCCC(C)(C)C(=O)O.CCCCC(CC)C(=O)O.CCCCCC(C)C(=O)O.CCCCCCCCC(CCCCCC)C(=O)O.CCCCCCCCCC(CCCCCCC)C(=O)O. The Morgan fingerprint density at radius 3 is 0.886 bits per heavy atom. The van der Waals surface area contributed by atoms with Gasteiger partial charge in [-0.25, -0.2) is 0 Å². The number of carboxylic acids is 6. The van der Waals surface area contributed by atoms with E-state index in [1.807, 2.05) is 6.92 Å². The second-order valence-corrected chi connectivity index (χ2v) is 29.3.